The molecule has 35 heavy (non-hydrogen) atoms. The normalized spacial score (nSPS) is 14.1. The van der Waals surface area contributed by atoms with E-state index in [4.69, 9.17) is 15.2 Å². The van der Waals surface area contributed by atoms with E-state index in [2.05, 4.69) is 22.2 Å². The van der Waals surface area contributed by atoms with Crippen LogP contribution in [-0.2, 0) is 9.47 Å². The fraction of sp³-hybridized carbons (Fsp3) is 0.370. The van der Waals surface area contributed by atoms with E-state index in [-0.39, 0.29) is 11.7 Å². The largest absolute Gasteiger partial charge is 0.442 e. The molecular weight excluding hydrogens is 444 g/mol. The predicted octanol–water partition coefficient (Wildman–Crippen LogP) is 3.57. The molecule has 0 saturated carbocycles. The monoisotopic (exact) mass is 476 g/mol. The van der Waals surface area contributed by atoms with Crippen molar-refractivity contribution in [3.8, 4) is 11.8 Å². The number of aliphatic imine (C=N–C) groups is 1. The molecule has 8 nitrogen and oxygen atoms in total. The molecule has 1 fully saturated rings. The molecule has 2 amide bonds. The zero-order chi connectivity index (χ0) is 25.4. The third-order valence-electron chi connectivity index (χ3n) is 5.15. The molecule has 1 aliphatic rings. The van der Waals surface area contributed by atoms with Crippen molar-refractivity contribution in [3.05, 3.63) is 64.7 Å². The van der Waals surface area contributed by atoms with Crippen LogP contribution in [0.1, 0.15) is 47.8 Å². The van der Waals surface area contributed by atoms with E-state index in [0.29, 0.717) is 44.0 Å². The molecule has 2 aromatic rings. The number of amidine groups is 1. The van der Waals surface area contributed by atoms with Gasteiger partial charge in [-0.15, -0.1) is 0 Å². The summed E-state index contributed by atoms with van der Waals surface area (Å²) in [4.78, 5) is 30.1. The fourth-order valence-corrected chi connectivity index (χ4v) is 3.42. The number of nitrogens with one attached hydrogen (secondary N) is 1. The van der Waals surface area contributed by atoms with E-state index in [1.807, 2.05) is 42.2 Å². The third kappa shape index (κ3) is 7.87. The van der Waals surface area contributed by atoms with E-state index in [0.717, 1.165) is 16.8 Å². The van der Waals surface area contributed by atoms with Crippen LogP contribution in [0.5, 0.6) is 0 Å². The molecule has 1 aliphatic heterocycles. The van der Waals surface area contributed by atoms with Crippen LogP contribution in [0, 0.1) is 18.8 Å². The third-order valence-corrected chi connectivity index (χ3v) is 5.15. The van der Waals surface area contributed by atoms with E-state index in [1.165, 1.54) is 0 Å². The van der Waals surface area contributed by atoms with Crippen LogP contribution in [0.25, 0.3) is 0 Å². The lowest BCUT2D eigenvalue weighted by atomic mass is 10.0. The number of ether oxygens (including phenoxy) is 2. The molecule has 3 rings (SSSR count). The maximum absolute atomic E-state index is 12.7. The maximum atomic E-state index is 12.7. The van der Waals surface area contributed by atoms with Crippen LogP contribution >= 0.6 is 0 Å². The molecule has 0 bridgehead atoms. The van der Waals surface area contributed by atoms with Crippen molar-refractivity contribution in [1.82, 2.24) is 4.90 Å². The smallest absolute Gasteiger partial charge is 0.436 e. The Morgan fingerprint density at radius 1 is 1.14 bits per heavy atom. The summed E-state index contributed by atoms with van der Waals surface area (Å²) < 4.78 is 10.5. The molecule has 8 heteroatoms. The average molecular weight is 477 g/mol. The van der Waals surface area contributed by atoms with Gasteiger partial charge in [-0.1, -0.05) is 11.8 Å². The Morgan fingerprint density at radius 2 is 1.83 bits per heavy atom. The highest BCUT2D eigenvalue weighted by atomic mass is 16.6. The molecule has 2 aromatic carbocycles. The first-order valence-electron chi connectivity index (χ1n) is 11.5. The second-order valence-electron chi connectivity index (χ2n) is 9.14. The van der Waals surface area contributed by atoms with Gasteiger partial charge in [-0.2, -0.15) is 4.99 Å². The maximum Gasteiger partial charge on any atom is 0.436 e. The Hall–Kier alpha value is -3.83. The van der Waals surface area contributed by atoms with Crippen molar-refractivity contribution in [1.29, 1.82) is 0 Å². The molecule has 3 N–H and O–H groups in total. The minimum Gasteiger partial charge on any atom is -0.442 e. The summed E-state index contributed by atoms with van der Waals surface area (Å²) in [5, 5.41) is 3.22. The topological polar surface area (TPSA) is 106 Å². The summed E-state index contributed by atoms with van der Waals surface area (Å²) in [7, 11) is 0. The average Bonchev–Trinajstić information content (AvgIpc) is 2.81. The van der Waals surface area contributed by atoms with Crippen molar-refractivity contribution in [2.75, 3.05) is 38.2 Å². The second-order valence-corrected chi connectivity index (χ2v) is 9.14. The standard InChI is InChI=1S/C27H32N4O4/c1-19-18-20(7-12-23(19)25(32)31-14-16-34-17-15-31)6-5-13-29-22-10-8-21(9-11-22)24(28)30-26(33)35-27(2,3)4/h7-12,18,29H,13-17H2,1-4H3,(H2,28,30,33). The van der Waals surface area contributed by atoms with Gasteiger partial charge in [0.25, 0.3) is 5.91 Å². The summed E-state index contributed by atoms with van der Waals surface area (Å²) in [6, 6.07) is 12.9. The van der Waals surface area contributed by atoms with Crippen LogP contribution in [-0.4, -0.2) is 61.2 Å². The summed E-state index contributed by atoms with van der Waals surface area (Å²) in [6.07, 6.45) is -0.721. The summed E-state index contributed by atoms with van der Waals surface area (Å²) in [6.45, 7) is 10.1. The van der Waals surface area contributed by atoms with Gasteiger partial charge in [-0.25, -0.2) is 4.79 Å². The van der Waals surface area contributed by atoms with Gasteiger partial charge < -0.3 is 25.4 Å². The Morgan fingerprint density at radius 3 is 2.46 bits per heavy atom. The Kier molecular flexibility index (Phi) is 8.50. The number of morpholine rings is 1. The molecule has 0 aromatic heterocycles. The van der Waals surface area contributed by atoms with Crippen LogP contribution in [0.2, 0.25) is 0 Å². The van der Waals surface area contributed by atoms with Gasteiger partial charge in [0.05, 0.1) is 19.8 Å². The van der Waals surface area contributed by atoms with Gasteiger partial charge in [0.2, 0.25) is 0 Å². The first-order valence-corrected chi connectivity index (χ1v) is 11.5. The first-order chi connectivity index (χ1) is 16.6. The minimum atomic E-state index is -0.721. The zero-order valence-corrected chi connectivity index (χ0v) is 20.7. The zero-order valence-electron chi connectivity index (χ0n) is 20.7. The second kappa shape index (κ2) is 11.5. The highest BCUT2D eigenvalue weighted by Gasteiger charge is 2.20. The van der Waals surface area contributed by atoms with E-state index in [1.54, 1.807) is 32.9 Å². The number of hydrogen-bond acceptors (Lipinski definition) is 5. The van der Waals surface area contributed by atoms with Crippen molar-refractivity contribution in [3.63, 3.8) is 0 Å². The summed E-state index contributed by atoms with van der Waals surface area (Å²) >= 11 is 0. The number of aryl methyl sites for hydroxylation is 1. The lowest BCUT2D eigenvalue weighted by molar-refractivity contribution is 0.0302. The van der Waals surface area contributed by atoms with Gasteiger partial charge in [-0.05, 0) is 75.7 Å². The van der Waals surface area contributed by atoms with E-state index in [9.17, 15) is 9.59 Å². The van der Waals surface area contributed by atoms with Crippen molar-refractivity contribution < 1.29 is 19.1 Å². The highest BCUT2D eigenvalue weighted by Crippen LogP contribution is 2.15. The number of rotatable bonds is 4. The first kappa shape index (κ1) is 25.8. The van der Waals surface area contributed by atoms with Crippen LogP contribution in [0.3, 0.4) is 0 Å². The minimum absolute atomic E-state index is 0.0344. The predicted molar refractivity (Wildman–Crippen MR) is 137 cm³/mol. The van der Waals surface area contributed by atoms with Gasteiger partial charge in [0.1, 0.15) is 11.4 Å². The van der Waals surface area contributed by atoms with Crippen LogP contribution < -0.4 is 11.1 Å². The molecule has 1 heterocycles. The van der Waals surface area contributed by atoms with Gasteiger partial charge in [-0.3, -0.25) is 4.79 Å². The number of carbonyl (C=O) groups excluding carboxylic acids is 2. The number of anilines is 1. The molecule has 0 aliphatic carbocycles. The lowest BCUT2D eigenvalue weighted by Gasteiger charge is -2.27. The quantitative estimate of drug-likeness (QED) is 0.397. The van der Waals surface area contributed by atoms with Crippen LogP contribution in [0.15, 0.2) is 47.5 Å². The number of hydrogen-bond donors (Lipinski definition) is 2. The molecule has 0 unspecified atom stereocenters. The fourth-order valence-electron chi connectivity index (χ4n) is 3.42. The summed E-state index contributed by atoms with van der Waals surface area (Å²) in [5.41, 5.74) is 9.22. The van der Waals surface area contributed by atoms with E-state index >= 15 is 0 Å². The Balaban J connectivity index is 1.54. The number of amides is 2. The SMILES string of the molecule is Cc1cc(C#CCNc2ccc(/C(N)=N\C(=O)OC(C)(C)C)cc2)ccc1C(=O)N1CCOCC1. The molecule has 184 valence electrons. The van der Waals surface area contributed by atoms with Crippen LogP contribution in [0.4, 0.5) is 10.5 Å². The van der Waals surface area contributed by atoms with Gasteiger partial charge in [0, 0.05) is 35.5 Å². The number of nitrogens with zero attached hydrogens (tertiary/aromatic N) is 2. The number of nitrogens with two attached hydrogens (primary N) is 1. The molecule has 0 radical (unpaired) electrons. The number of carbonyl (C=O) groups is 2. The van der Waals surface area contributed by atoms with E-state index < -0.39 is 11.7 Å². The lowest BCUT2D eigenvalue weighted by Crippen LogP contribution is -2.40. The Labute approximate surface area is 206 Å². The molecule has 1 saturated heterocycles. The highest BCUT2D eigenvalue weighted by molar-refractivity contribution is 6.03. The van der Waals surface area contributed by atoms with Crippen molar-refractivity contribution in [2.45, 2.75) is 33.3 Å². The Bertz CT molecular complexity index is 1150. The number of benzene rings is 2. The summed E-state index contributed by atoms with van der Waals surface area (Å²) in [5.74, 6) is 6.34. The molecular formula is C27H32N4O4. The van der Waals surface area contributed by atoms with Gasteiger partial charge in [0.15, 0.2) is 0 Å². The van der Waals surface area contributed by atoms with Gasteiger partial charge >= 0.3 is 6.09 Å². The van der Waals surface area contributed by atoms with Crippen molar-refractivity contribution >= 4 is 23.5 Å². The molecule has 0 atom stereocenters. The van der Waals surface area contributed by atoms with Crippen molar-refractivity contribution in [2.24, 2.45) is 10.7 Å². The molecule has 0 spiro atoms.